The molecule has 0 aliphatic carbocycles. The first-order valence-corrected chi connectivity index (χ1v) is 8.73. The first-order chi connectivity index (χ1) is 10.9. The Morgan fingerprint density at radius 3 is 2.26 bits per heavy atom. The lowest BCUT2D eigenvalue weighted by molar-refractivity contribution is 0.391. The van der Waals surface area contributed by atoms with Gasteiger partial charge in [-0.3, -0.25) is 0 Å². The molecule has 0 fully saturated rings. The van der Waals surface area contributed by atoms with E-state index in [1.807, 2.05) is 0 Å². The molecule has 2 rings (SSSR count). The number of sulfonamides is 1. The van der Waals surface area contributed by atoms with E-state index in [1.165, 1.54) is 20.3 Å². The Morgan fingerprint density at radius 1 is 1.04 bits per heavy atom. The summed E-state index contributed by atoms with van der Waals surface area (Å²) in [5.41, 5.74) is 0.805. The largest absolute Gasteiger partial charge is 0.497 e. The Kier molecular flexibility index (Phi) is 5.51. The first kappa shape index (κ1) is 17.6. The Labute approximate surface area is 141 Å². The van der Waals surface area contributed by atoms with Crippen molar-refractivity contribution in [2.75, 3.05) is 14.2 Å². The van der Waals surface area contributed by atoms with Crippen LogP contribution < -0.4 is 14.2 Å². The van der Waals surface area contributed by atoms with Crippen LogP contribution in [0.3, 0.4) is 0 Å². The minimum Gasteiger partial charge on any atom is -0.497 e. The van der Waals surface area contributed by atoms with E-state index in [0.717, 1.165) is 5.56 Å². The van der Waals surface area contributed by atoms with Crippen molar-refractivity contribution in [3.05, 3.63) is 53.1 Å². The summed E-state index contributed by atoms with van der Waals surface area (Å²) in [6, 6.07) is 11.2. The molecule has 5 nitrogen and oxygen atoms in total. The van der Waals surface area contributed by atoms with Crippen molar-refractivity contribution in [1.29, 1.82) is 0 Å². The molecule has 0 saturated heterocycles. The highest BCUT2D eigenvalue weighted by atomic mass is 35.5. The fraction of sp³-hybridized carbons (Fsp3) is 0.250. The standard InChI is InChI=1S/C16H18ClNO4S/c1-11(12-4-6-13(17)7-5-12)18-23(19,20)16-10-14(21-2)8-9-15(16)22-3/h4-11,18H,1-3H3/t11-/m1/s1. The predicted molar refractivity (Wildman–Crippen MR) is 89.7 cm³/mol. The average molecular weight is 356 g/mol. The lowest BCUT2D eigenvalue weighted by Crippen LogP contribution is -2.27. The third-order valence-corrected chi connectivity index (χ3v) is 5.18. The van der Waals surface area contributed by atoms with Gasteiger partial charge in [0.25, 0.3) is 0 Å². The molecule has 7 heteroatoms. The van der Waals surface area contributed by atoms with Gasteiger partial charge in [-0.25, -0.2) is 13.1 Å². The average Bonchev–Trinajstić information content (AvgIpc) is 2.54. The van der Waals surface area contributed by atoms with Crippen molar-refractivity contribution in [3.63, 3.8) is 0 Å². The summed E-state index contributed by atoms with van der Waals surface area (Å²) in [5.74, 6) is 0.687. The molecule has 2 aromatic carbocycles. The van der Waals surface area contributed by atoms with E-state index in [1.54, 1.807) is 43.3 Å². The molecule has 1 N–H and O–H groups in total. The molecule has 0 bridgehead atoms. The molecule has 2 aromatic rings. The summed E-state index contributed by atoms with van der Waals surface area (Å²) >= 11 is 5.85. The summed E-state index contributed by atoms with van der Waals surface area (Å²) in [7, 11) is -0.887. The molecule has 23 heavy (non-hydrogen) atoms. The zero-order valence-electron chi connectivity index (χ0n) is 13.0. The SMILES string of the molecule is COc1ccc(OC)c(S(=O)(=O)N[C@H](C)c2ccc(Cl)cc2)c1. The molecule has 0 aliphatic rings. The summed E-state index contributed by atoms with van der Waals surface area (Å²) < 4.78 is 38.2. The van der Waals surface area contributed by atoms with Crippen LogP contribution in [-0.2, 0) is 10.0 Å². The van der Waals surface area contributed by atoms with Crippen LogP contribution in [0, 0.1) is 0 Å². The predicted octanol–water partition coefficient (Wildman–Crippen LogP) is 3.40. The zero-order chi connectivity index (χ0) is 17.0. The van der Waals surface area contributed by atoms with Gasteiger partial charge in [0.15, 0.2) is 0 Å². The van der Waals surface area contributed by atoms with Crippen molar-refractivity contribution in [3.8, 4) is 11.5 Å². The molecular formula is C16H18ClNO4S. The maximum Gasteiger partial charge on any atom is 0.244 e. The number of ether oxygens (including phenoxy) is 2. The van der Waals surface area contributed by atoms with Gasteiger partial charge in [-0.15, -0.1) is 0 Å². The third-order valence-electron chi connectivity index (χ3n) is 3.36. The number of hydrogen-bond acceptors (Lipinski definition) is 4. The number of benzene rings is 2. The summed E-state index contributed by atoms with van der Waals surface area (Å²) in [5, 5.41) is 0.596. The smallest absolute Gasteiger partial charge is 0.244 e. The van der Waals surface area contributed by atoms with Crippen LogP contribution >= 0.6 is 11.6 Å². The molecule has 0 radical (unpaired) electrons. The Balaban J connectivity index is 2.33. The molecule has 0 saturated carbocycles. The molecule has 0 unspecified atom stereocenters. The fourth-order valence-corrected chi connectivity index (χ4v) is 3.65. The topological polar surface area (TPSA) is 64.6 Å². The van der Waals surface area contributed by atoms with E-state index in [9.17, 15) is 8.42 Å². The van der Waals surface area contributed by atoms with Crippen LogP contribution in [0.5, 0.6) is 11.5 Å². The van der Waals surface area contributed by atoms with Gasteiger partial charge in [-0.05, 0) is 36.8 Å². The number of methoxy groups -OCH3 is 2. The third kappa shape index (κ3) is 4.16. The number of hydrogen-bond donors (Lipinski definition) is 1. The van der Waals surface area contributed by atoms with E-state index in [4.69, 9.17) is 21.1 Å². The molecule has 0 spiro atoms. The molecule has 0 heterocycles. The fourth-order valence-electron chi connectivity index (χ4n) is 2.11. The minimum atomic E-state index is -3.78. The van der Waals surface area contributed by atoms with Crippen LogP contribution in [0.15, 0.2) is 47.4 Å². The van der Waals surface area contributed by atoms with Crippen LogP contribution in [0.2, 0.25) is 5.02 Å². The molecular weight excluding hydrogens is 338 g/mol. The second kappa shape index (κ2) is 7.21. The van der Waals surface area contributed by atoms with Gasteiger partial charge in [0.2, 0.25) is 10.0 Å². The van der Waals surface area contributed by atoms with Crippen molar-refractivity contribution in [1.82, 2.24) is 4.72 Å². The maximum absolute atomic E-state index is 12.7. The number of nitrogens with one attached hydrogen (secondary N) is 1. The highest BCUT2D eigenvalue weighted by Crippen LogP contribution is 2.29. The van der Waals surface area contributed by atoms with Gasteiger partial charge in [-0.1, -0.05) is 23.7 Å². The summed E-state index contributed by atoms with van der Waals surface area (Å²) in [6.45, 7) is 1.76. The quantitative estimate of drug-likeness (QED) is 0.862. The van der Waals surface area contributed by atoms with Gasteiger partial charge in [-0.2, -0.15) is 0 Å². The zero-order valence-corrected chi connectivity index (χ0v) is 14.6. The van der Waals surface area contributed by atoms with Crippen molar-refractivity contribution < 1.29 is 17.9 Å². The van der Waals surface area contributed by atoms with E-state index in [2.05, 4.69) is 4.72 Å². The highest BCUT2D eigenvalue weighted by Gasteiger charge is 2.23. The van der Waals surface area contributed by atoms with Crippen molar-refractivity contribution in [2.24, 2.45) is 0 Å². The summed E-state index contributed by atoms with van der Waals surface area (Å²) in [4.78, 5) is 0.0279. The van der Waals surface area contributed by atoms with E-state index >= 15 is 0 Å². The van der Waals surface area contributed by atoms with Crippen LogP contribution in [0.25, 0.3) is 0 Å². The van der Waals surface area contributed by atoms with E-state index < -0.39 is 16.1 Å². The van der Waals surface area contributed by atoms with Gasteiger partial charge >= 0.3 is 0 Å². The van der Waals surface area contributed by atoms with Gasteiger partial charge < -0.3 is 9.47 Å². The van der Waals surface area contributed by atoms with Gasteiger partial charge in [0, 0.05) is 17.1 Å². The van der Waals surface area contributed by atoms with Crippen molar-refractivity contribution in [2.45, 2.75) is 17.9 Å². The highest BCUT2D eigenvalue weighted by molar-refractivity contribution is 7.89. The molecule has 0 aromatic heterocycles. The van der Waals surface area contributed by atoms with Crippen LogP contribution in [0.1, 0.15) is 18.5 Å². The number of halogens is 1. The van der Waals surface area contributed by atoms with Crippen molar-refractivity contribution >= 4 is 21.6 Å². The molecule has 0 aliphatic heterocycles. The molecule has 0 amide bonds. The van der Waals surface area contributed by atoms with E-state index in [0.29, 0.717) is 10.8 Å². The second-order valence-electron chi connectivity index (χ2n) is 4.91. The van der Waals surface area contributed by atoms with Crippen LogP contribution in [0.4, 0.5) is 0 Å². The Morgan fingerprint density at radius 2 is 1.70 bits per heavy atom. The van der Waals surface area contributed by atoms with E-state index in [-0.39, 0.29) is 10.6 Å². The monoisotopic (exact) mass is 355 g/mol. The first-order valence-electron chi connectivity index (χ1n) is 6.87. The van der Waals surface area contributed by atoms with Gasteiger partial charge in [0.05, 0.1) is 14.2 Å². The maximum atomic E-state index is 12.7. The lowest BCUT2D eigenvalue weighted by Gasteiger charge is -2.17. The lowest BCUT2D eigenvalue weighted by atomic mass is 10.1. The Bertz CT molecular complexity index is 775. The second-order valence-corrected chi connectivity index (χ2v) is 7.03. The van der Waals surface area contributed by atoms with Crippen LogP contribution in [-0.4, -0.2) is 22.6 Å². The molecule has 1 atom stereocenters. The minimum absolute atomic E-state index is 0.0279. The summed E-state index contributed by atoms with van der Waals surface area (Å²) in [6.07, 6.45) is 0. The Hall–Kier alpha value is -1.76. The van der Waals surface area contributed by atoms with Gasteiger partial charge in [0.1, 0.15) is 16.4 Å². The molecule has 124 valence electrons. The number of rotatable bonds is 6. The normalized spacial score (nSPS) is 12.7.